The van der Waals surface area contributed by atoms with Crippen molar-refractivity contribution >= 4 is 10.8 Å². The molecule has 0 aliphatic rings. The number of hydrogen-bond donors (Lipinski definition) is 1. The molecule has 0 heterocycles. The Bertz CT molecular complexity index is 173. The van der Waals surface area contributed by atoms with Gasteiger partial charge in [0.25, 0.3) is 0 Å². The molecule has 0 radical (unpaired) electrons. The van der Waals surface area contributed by atoms with E-state index in [0.717, 1.165) is 25.1 Å². The van der Waals surface area contributed by atoms with Gasteiger partial charge in [0.2, 0.25) is 0 Å². The standard InChI is InChI=1S/C12H27NOS/c1-5-7-8-9-15(14)12(4)10-11(3)13-6-2/h11-13H,5-10H2,1-4H3. The van der Waals surface area contributed by atoms with Crippen LogP contribution in [-0.2, 0) is 10.8 Å². The van der Waals surface area contributed by atoms with Crippen LogP contribution in [0, 0.1) is 0 Å². The highest BCUT2D eigenvalue weighted by molar-refractivity contribution is 7.85. The van der Waals surface area contributed by atoms with Gasteiger partial charge in [-0.05, 0) is 26.3 Å². The van der Waals surface area contributed by atoms with E-state index in [1.54, 1.807) is 0 Å². The minimum absolute atomic E-state index is 0.330. The summed E-state index contributed by atoms with van der Waals surface area (Å²) in [6.07, 6.45) is 4.55. The second kappa shape index (κ2) is 9.34. The van der Waals surface area contributed by atoms with Crippen LogP contribution in [0.2, 0.25) is 0 Å². The highest BCUT2D eigenvalue weighted by Crippen LogP contribution is 2.08. The zero-order chi connectivity index (χ0) is 11.7. The van der Waals surface area contributed by atoms with Gasteiger partial charge in [-0.1, -0.05) is 33.6 Å². The Kier molecular flexibility index (Phi) is 9.41. The quantitative estimate of drug-likeness (QED) is 0.620. The molecule has 0 fully saturated rings. The first-order chi connectivity index (χ1) is 7.11. The van der Waals surface area contributed by atoms with Crippen LogP contribution in [-0.4, -0.2) is 27.8 Å². The zero-order valence-corrected chi connectivity index (χ0v) is 11.5. The maximum absolute atomic E-state index is 11.8. The molecule has 0 spiro atoms. The van der Waals surface area contributed by atoms with E-state index in [4.69, 9.17) is 0 Å². The highest BCUT2D eigenvalue weighted by atomic mass is 32.2. The molecular formula is C12H27NOS. The molecule has 0 saturated heterocycles. The van der Waals surface area contributed by atoms with Gasteiger partial charge in [0.05, 0.1) is 0 Å². The minimum Gasteiger partial charge on any atom is -0.314 e. The van der Waals surface area contributed by atoms with Gasteiger partial charge in [0.15, 0.2) is 0 Å². The molecule has 0 aromatic heterocycles. The SMILES string of the molecule is CCCCCS(=O)C(C)CC(C)NCC. The topological polar surface area (TPSA) is 29.1 Å². The molecule has 15 heavy (non-hydrogen) atoms. The Balaban J connectivity index is 3.68. The summed E-state index contributed by atoms with van der Waals surface area (Å²) in [7, 11) is -0.630. The van der Waals surface area contributed by atoms with E-state index in [0.29, 0.717) is 11.3 Å². The molecule has 0 bridgehead atoms. The first-order valence-corrected chi connectivity index (χ1v) is 7.60. The molecule has 0 rings (SSSR count). The Morgan fingerprint density at radius 1 is 1.20 bits per heavy atom. The molecule has 0 aromatic carbocycles. The molecule has 3 heteroatoms. The summed E-state index contributed by atoms with van der Waals surface area (Å²) in [6, 6.07) is 0.486. The van der Waals surface area contributed by atoms with E-state index >= 15 is 0 Å². The molecule has 92 valence electrons. The van der Waals surface area contributed by atoms with Crippen LogP contribution in [0.25, 0.3) is 0 Å². The van der Waals surface area contributed by atoms with E-state index in [-0.39, 0.29) is 0 Å². The lowest BCUT2D eigenvalue weighted by molar-refractivity contribution is 0.523. The van der Waals surface area contributed by atoms with Crippen molar-refractivity contribution in [3.05, 3.63) is 0 Å². The fraction of sp³-hybridized carbons (Fsp3) is 1.00. The van der Waals surface area contributed by atoms with Crippen LogP contribution in [0.4, 0.5) is 0 Å². The minimum atomic E-state index is -0.630. The average molecular weight is 233 g/mol. The summed E-state index contributed by atoms with van der Waals surface area (Å²) in [4.78, 5) is 0. The monoisotopic (exact) mass is 233 g/mol. The first-order valence-electron chi connectivity index (χ1n) is 6.22. The van der Waals surface area contributed by atoms with Crippen molar-refractivity contribution in [3.8, 4) is 0 Å². The second-order valence-electron chi connectivity index (χ2n) is 4.30. The largest absolute Gasteiger partial charge is 0.314 e. The summed E-state index contributed by atoms with van der Waals surface area (Å²) in [5.74, 6) is 0.883. The van der Waals surface area contributed by atoms with Crippen molar-refractivity contribution in [1.29, 1.82) is 0 Å². The van der Waals surface area contributed by atoms with Gasteiger partial charge < -0.3 is 5.32 Å². The molecule has 3 atom stereocenters. The predicted molar refractivity (Wildman–Crippen MR) is 69.8 cm³/mol. The van der Waals surface area contributed by atoms with E-state index in [2.05, 4.69) is 33.0 Å². The van der Waals surface area contributed by atoms with Gasteiger partial charge in [0, 0.05) is 27.8 Å². The van der Waals surface area contributed by atoms with Crippen molar-refractivity contribution in [2.24, 2.45) is 0 Å². The van der Waals surface area contributed by atoms with Gasteiger partial charge in [-0.15, -0.1) is 0 Å². The van der Waals surface area contributed by atoms with E-state index in [1.807, 2.05) is 0 Å². The Hall–Kier alpha value is 0.110. The normalized spacial score (nSPS) is 17.3. The van der Waals surface area contributed by atoms with Crippen LogP contribution in [0.1, 0.15) is 53.4 Å². The number of rotatable bonds is 9. The third-order valence-electron chi connectivity index (χ3n) is 2.64. The molecular weight excluding hydrogens is 206 g/mol. The lowest BCUT2D eigenvalue weighted by Gasteiger charge is -2.17. The van der Waals surface area contributed by atoms with Crippen molar-refractivity contribution in [1.82, 2.24) is 5.32 Å². The summed E-state index contributed by atoms with van der Waals surface area (Å²) in [5.41, 5.74) is 0. The van der Waals surface area contributed by atoms with Crippen LogP contribution < -0.4 is 5.32 Å². The predicted octanol–water partition coefficient (Wildman–Crippen LogP) is 2.70. The first kappa shape index (κ1) is 15.1. The van der Waals surface area contributed by atoms with Gasteiger partial charge in [-0.3, -0.25) is 4.21 Å². The fourth-order valence-electron chi connectivity index (χ4n) is 1.73. The summed E-state index contributed by atoms with van der Waals surface area (Å²) >= 11 is 0. The molecule has 0 aliphatic heterocycles. The number of unbranched alkanes of at least 4 members (excludes halogenated alkanes) is 2. The van der Waals surface area contributed by atoms with E-state index in [9.17, 15) is 4.21 Å². The molecule has 1 N–H and O–H groups in total. The van der Waals surface area contributed by atoms with Gasteiger partial charge >= 0.3 is 0 Å². The smallest absolute Gasteiger partial charge is 0.0334 e. The van der Waals surface area contributed by atoms with Crippen LogP contribution in [0.5, 0.6) is 0 Å². The average Bonchev–Trinajstić information content (AvgIpc) is 2.18. The molecule has 0 aliphatic carbocycles. The zero-order valence-electron chi connectivity index (χ0n) is 10.7. The van der Waals surface area contributed by atoms with Gasteiger partial charge in [-0.2, -0.15) is 0 Å². The van der Waals surface area contributed by atoms with Crippen LogP contribution in [0.15, 0.2) is 0 Å². The van der Waals surface area contributed by atoms with Crippen molar-refractivity contribution < 1.29 is 4.21 Å². The summed E-state index contributed by atoms with van der Waals surface area (Å²) in [5, 5.41) is 3.69. The molecule has 0 saturated carbocycles. The Morgan fingerprint density at radius 2 is 1.87 bits per heavy atom. The molecule has 0 aromatic rings. The van der Waals surface area contributed by atoms with Crippen molar-refractivity contribution in [2.75, 3.05) is 12.3 Å². The lowest BCUT2D eigenvalue weighted by Crippen LogP contribution is -2.30. The van der Waals surface area contributed by atoms with Gasteiger partial charge in [0.1, 0.15) is 0 Å². The molecule has 2 nitrogen and oxygen atoms in total. The molecule has 0 amide bonds. The lowest BCUT2D eigenvalue weighted by atomic mass is 10.2. The van der Waals surface area contributed by atoms with Crippen LogP contribution in [0.3, 0.4) is 0 Å². The van der Waals surface area contributed by atoms with Gasteiger partial charge in [-0.25, -0.2) is 0 Å². The Labute approximate surface area is 97.7 Å². The van der Waals surface area contributed by atoms with Crippen LogP contribution >= 0.6 is 0 Å². The molecule has 3 unspecified atom stereocenters. The third-order valence-corrected chi connectivity index (χ3v) is 4.42. The second-order valence-corrected chi connectivity index (χ2v) is 6.27. The third kappa shape index (κ3) is 7.97. The summed E-state index contributed by atoms with van der Waals surface area (Å²) < 4.78 is 11.8. The van der Waals surface area contributed by atoms with E-state index in [1.165, 1.54) is 12.8 Å². The number of hydrogen-bond acceptors (Lipinski definition) is 2. The summed E-state index contributed by atoms with van der Waals surface area (Å²) in [6.45, 7) is 9.56. The Morgan fingerprint density at radius 3 is 2.40 bits per heavy atom. The van der Waals surface area contributed by atoms with Crippen molar-refractivity contribution in [2.45, 2.75) is 64.7 Å². The fourth-order valence-corrected chi connectivity index (χ4v) is 3.13. The maximum atomic E-state index is 11.8. The van der Waals surface area contributed by atoms with Crippen molar-refractivity contribution in [3.63, 3.8) is 0 Å². The van der Waals surface area contributed by atoms with E-state index < -0.39 is 10.8 Å². The maximum Gasteiger partial charge on any atom is 0.0334 e. The highest BCUT2D eigenvalue weighted by Gasteiger charge is 2.13. The number of nitrogens with one attached hydrogen (secondary N) is 1.